The number of nitrogens with zero attached hydrogens (tertiary/aromatic N) is 5. The smallest absolute Gasteiger partial charge is 0.338 e. The van der Waals surface area contributed by atoms with Gasteiger partial charge >= 0.3 is 5.97 Å². The van der Waals surface area contributed by atoms with Gasteiger partial charge in [-0.25, -0.2) is 19.5 Å². The molecule has 0 radical (unpaired) electrons. The highest BCUT2D eigenvalue weighted by molar-refractivity contribution is 6.51. The van der Waals surface area contributed by atoms with Gasteiger partial charge in [-0.15, -0.1) is 0 Å². The van der Waals surface area contributed by atoms with E-state index in [-0.39, 0.29) is 17.4 Å². The fourth-order valence-electron chi connectivity index (χ4n) is 6.07. The number of nitrogens with one attached hydrogen (secondary N) is 1. The lowest BCUT2D eigenvalue weighted by atomic mass is 9.85. The van der Waals surface area contributed by atoms with E-state index in [2.05, 4.69) is 68.2 Å². The van der Waals surface area contributed by atoms with Crippen molar-refractivity contribution in [2.75, 3.05) is 16.8 Å². The summed E-state index contributed by atoms with van der Waals surface area (Å²) in [6, 6.07) is 34.2. The quantitative estimate of drug-likeness (QED) is 0.202. The van der Waals surface area contributed by atoms with Crippen molar-refractivity contribution in [1.82, 2.24) is 9.78 Å². The van der Waals surface area contributed by atoms with Gasteiger partial charge in [0.05, 0.1) is 41.0 Å². The van der Waals surface area contributed by atoms with E-state index in [1.165, 1.54) is 5.56 Å². The molecule has 46 heavy (non-hydrogen) atoms. The van der Waals surface area contributed by atoms with Crippen molar-refractivity contribution >= 4 is 40.5 Å². The Hall–Kier alpha value is -5.50. The molecule has 4 aromatic carbocycles. The molecule has 8 heteroatoms. The molecule has 0 spiro atoms. The van der Waals surface area contributed by atoms with Crippen LogP contribution >= 0.6 is 0 Å². The van der Waals surface area contributed by atoms with Crippen molar-refractivity contribution in [3.8, 4) is 5.69 Å². The lowest BCUT2D eigenvalue weighted by Crippen LogP contribution is -2.46. The minimum absolute atomic E-state index is 0.0290. The van der Waals surface area contributed by atoms with E-state index < -0.39 is 0 Å². The molecule has 0 saturated carbocycles. The fraction of sp³-hybridized carbons (Fsp3) is 0.211. The third-order valence-corrected chi connectivity index (χ3v) is 8.39. The zero-order valence-electron chi connectivity index (χ0n) is 26.7. The van der Waals surface area contributed by atoms with Crippen LogP contribution in [0.15, 0.2) is 113 Å². The van der Waals surface area contributed by atoms with E-state index in [0.717, 1.165) is 45.4 Å². The molecule has 0 fully saturated rings. The highest BCUT2D eigenvalue weighted by atomic mass is 16.5. The highest BCUT2D eigenvalue weighted by Crippen LogP contribution is 2.48. The maximum absolute atomic E-state index is 12.3. The van der Waals surface area contributed by atoms with Gasteiger partial charge in [0.1, 0.15) is 0 Å². The monoisotopic (exact) mass is 608 g/mol. The number of anilines is 2. The average molecular weight is 609 g/mol. The summed E-state index contributed by atoms with van der Waals surface area (Å²) in [5.41, 5.74) is 8.39. The first-order valence-electron chi connectivity index (χ1n) is 15.6. The van der Waals surface area contributed by atoms with Crippen LogP contribution in [-0.4, -0.2) is 34.0 Å². The van der Waals surface area contributed by atoms with Crippen molar-refractivity contribution < 1.29 is 9.53 Å². The standard InChI is InChI=1S/C38H36N6O2/c1-6-46-37(45)26-18-22-28(23-19-26)39-34-36-41-35-32(24(2)42-44(35)29-12-8-7-9-13-29)33(25-16-20-27(21-17-25)38(3,4)5)43(36)31-15-11-10-14-30(31)40-34/h7-23,33H,6H2,1-5H3,(H,39,40)/t33-/m1/s1. The van der Waals surface area contributed by atoms with E-state index in [4.69, 9.17) is 19.8 Å². The summed E-state index contributed by atoms with van der Waals surface area (Å²) in [5, 5.41) is 8.55. The SMILES string of the molecule is CCOC(=O)c1ccc(NC2=Nc3ccccc3N3C2=Nc2c(c(C)nn2-c2ccccc2)[C@H]3c2ccc(C(C)(C)C)cc2)cc1. The number of hydrogen-bond acceptors (Lipinski definition) is 7. The number of rotatable bonds is 5. The van der Waals surface area contributed by atoms with Crippen LogP contribution in [0.5, 0.6) is 0 Å². The van der Waals surface area contributed by atoms with Crippen molar-refractivity contribution in [2.24, 2.45) is 9.98 Å². The second-order valence-electron chi connectivity index (χ2n) is 12.5. The first kappa shape index (κ1) is 29.2. The van der Waals surface area contributed by atoms with Crippen LogP contribution in [0.25, 0.3) is 5.69 Å². The summed E-state index contributed by atoms with van der Waals surface area (Å²) in [6.07, 6.45) is 0. The second kappa shape index (κ2) is 11.5. The number of carbonyl (C=O) groups excluding carboxylic acids is 1. The van der Waals surface area contributed by atoms with Gasteiger partial charge in [-0.2, -0.15) is 5.10 Å². The van der Waals surface area contributed by atoms with Gasteiger partial charge in [-0.1, -0.05) is 75.4 Å². The Labute approximate surface area is 269 Å². The van der Waals surface area contributed by atoms with Crippen LogP contribution < -0.4 is 10.2 Å². The fourth-order valence-corrected chi connectivity index (χ4v) is 6.07. The van der Waals surface area contributed by atoms with Gasteiger partial charge in [-0.3, -0.25) is 0 Å². The van der Waals surface area contributed by atoms with E-state index in [0.29, 0.717) is 23.8 Å². The predicted molar refractivity (Wildman–Crippen MR) is 184 cm³/mol. The molecule has 1 aromatic heterocycles. The van der Waals surface area contributed by atoms with Gasteiger partial charge in [0.15, 0.2) is 17.5 Å². The zero-order valence-corrected chi connectivity index (χ0v) is 26.7. The number of aliphatic imine (C=N–C) groups is 2. The molecule has 230 valence electrons. The van der Waals surface area contributed by atoms with Crippen molar-refractivity contribution in [1.29, 1.82) is 0 Å². The van der Waals surface area contributed by atoms with Crippen LogP contribution in [0, 0.1) is 6.92 Å². The molecule has 0 unspecified atom stereocenters. The molecule has 0 bridgehead atoms. The number of esters is 1. The molecular weight excluding hydrogens is 572 g/mol. The topological polar surface area (TPSA) is 84.1 Å². The van der Waals surface area contributed by atoms with E-state index in [9.17, 15) is 4.79 Å². The molecule has 2 aliphatic heterocycles. The van der Waals surface area contributed by atoms with Crippen LogP contribution in [-0.2, 0) is 10.2 Å². The van der Waals surface area contributed by atoms with Crippen molar-refractivity contribution in [2.45, 2.75) is 46.1 Å². The van der Waals surface area contributed by atoms with Crippen LogP contribution in [0.3, 0.4) is 0 Å². The number of carbonyl (C=O) groups is 1. The summed E-state index contributed by atoms with van der Waals surface area (Å²) >= 11 is 0. The lowest BCUT2D eigenvalue weighted by Gasteiger charge is -2.40. The van der Waals surface area contributed by atoms with Crippen LogP contribution in [0.1, 0.15) is 66.5 Å². The normalized spacial score (nSPS) is 15.2. The molecule has 3 heterocycles. The maximum Gasteiger partial charge on any atom is 0.338 e. The molecule has 1 N–H and O–H groups in total. The summed E-state index contributed by atoms with van der Waals surface area (Å²) < 4.78 is 7.10. The summed E-state index contributed by atoms with van der Waals surface area (Å²) in [4.78, 5) is 25.0. The number of aromatic nitrogens is 2. The summed E-state index contributed by atoms with van der Waals surface area (Å²) in [5.74, 6) is 1.70. The van der Waals surface area contributed by atoms with Crippen LogP contribution in [0.4, 0.5) is 22.9 Å². The Kier molecular flexibility index (Phi) is 7.28. The Morgan fingerprint density at radius 3 is 2.26 bits per heavy atom. The third-order valence-electron chi connectivity index (χ3n) is 8.39. The number of para-hydroxylation sites is 3. The maximum atomic E-state index is 12.3. The molecule has 0 saturated heterocycles. The van der Waals surface area contributed by atoms with E-state index in [1.807, 2.05) is 65.3 Å². The van der Waals surface area contributed by atoms with Gasteiger partial charge in [0.25, 0.3) is 0 Å². The highest BCUT2D eigenvalue weighted by Gasteiger charge is 2.41. The number of aryl methyl sites for hydroxylation is 1. The largest absolute Gasteiger partial charge is 0.462 e. The average Bonchev–Trinajstić information content (AvgIpc) is 3.40. The van der Waals surface area contributed by atoms with E-state index in [1.54, 1.807) is 19.1 Å². The van der Waals surface area contributed by atoms with Gasteiger partial charge < -0.3 is 15.0 Å². The molecular formula is C38H36N6O2. The summed E-state index contributed by atoms with van der Waals surface area (Å²) in [6.45, 7) is 10.9. The molecule has 5 aromatic rings. The van der Waals surface area contributed by atoms with Crippen molar-refractivity contribution in [3.63, 3.8) is 0 Å². The number of benzene rings is 4. The Morgan fingerprint density at radius 2 is 1.57 bits per heavy atom. The minimum atomic E-state index is -0.349. The molecule has 7 rings (SSSR count). The first-order valence-corrected chi connectivity index (χ1v) is 15.6. The first-order chi connectivity index (χ1) is 22.2. The third kappa shape index (κ3) is 5.15. The number of amidine groups is 2. The Bertz CT molecular complexity index is 1980. The zero-order chi connectivity index (χ0) is 32.0. The van der Waals surface area contributed by atoms with Crippen molar-refractivity contribution in [3.05, 3.63) is 131 Å². The Morgan fingerprint density at radius 1 is 0.870 bits per heavy atom. The molecule has 1 atom stereocenters. The summed E-state index contributed by atoms with van der Waals surface area (Å²) in [7, 11) is 0. The minimum Gasteiger partial charge on any atom is -0.462 e. The number of ether oxygens (including phenoxy) is 1. The van der Waals surface area contributed by atoms with Gasteiger partial charge in [0.2, 0.25) is 0 Å². The van der Waals surface area contributed by atoms with E-state index >= 15 is 0 Å². The van der Waals surface area contributed by atoms with Gasteiger partial charge in [0, 0.05) is 11.3 Å². The molecule has 0 amide bonds. The Balaban J connectivity index is 1.41. The lowest BCUT2D eigenvalue weighted by molar-refractivity contribution is 0.0526. The molecule has 0 aliphatic carbocycles. The number of fused-ring (bicyclic) bond motifs is 4. The molecule has 8 nitrogen and oxygen atoms in total. The number of hydrogen-bond donors (Lipinski definition) is 1. The van der Waals surface area contributed by atoms with Gasteiger partial charge in [-0.05, 0) is 78.9 Å². The predicted octanol–water partition coefficient (Wildman–Crippen LogP) is 8.45. The van der Waals surface area contributed by atoms with Crippen LogP contribution in [0.2, 0.25) is 0 Å². The molecule has 2 aliphatic rings. The second-order valence-corrected chi connectivity index (χ2v) is 12.5.